The number of ether oxygens (including phenoxy) is 2. The van der Waals surface area contributed by atoms with E-state index in [2.05, 4.69) is 27.7 Å². The van der Waals surface area contributed by atoms with E-state index in [9.17, 15) is 4.39 Å². The van der Waals surface area contributed by atoms with Crippen LogP contribution in [-0.4, -0.2) is 29.5 Å². The van der Waals surface area contributed by atoms with E-state index in [1.165, 1.54) is 17.7 Å². The van der Waals surface area contributed by atoms with Crippen LogP contribution >= 0.6 is 0 Å². The molecule has 0 aromatic heterocycles. The molecule has 3 rings (SSSR count). The Morgan fingerprint density at radius 2 is 1.43 bits per heavy atom. The molecule has 3 nitrogen and oxygen atoms in total. The van der Waals surface area contributed by atoms with E-state index >= 15 is 0 Å². The van der Waals surface area contributed by atoms with Crippen molar-refractivity contribution in [3.05, 3.63) is 71.0 Å². The van der Waals surface area contributed by atoms with Crippen LogP contribution in [0.15, 0.2) is 54.1 Å². The highest BCUT2D eigenvalue weighted by Gasteiger charge is 2.37. The summed E-state index contributed by atoms with van der Waals surface area (Å²) in [4.78, 5) is 0. The van der Waals surface area contributed by atoms with Crippen LogP contribution in [0.4, 0.5) is 4.39 Å². The summed E-state index contributed by atoms with van der Waals surface area (Å²) in [5.74, 6) is 0.474. The van der Waals surface area contributed by atoms with Crippen molar-refractivity contribution >= 4 is 5.57 Å². The largest absolute Gasteiger partial charge is 0.491 e. The number of aliphatic hydroxyl groups is 1. The second-order valence-electron chi connectivity index (χ2n) is 8.56. The third kappa shape index (κ3) is 5.00. The van der Waals surface area contributed by atoms with Crippen molar-refractivity contribution in [1.82, 2.24) is 0 Å². The first-order valence-corrected chi connectivity index (χ1v) is 9.71. The quantitative estimate of drug-likeness (QED) is 0.754. The summed E-state index contributed by atoms with van der Waals surface area (Å²) in [6.07, 6.45) is 1.62. The van der Waals surface area contributed by atoms with Gasteiger partial charge in [-0.05, 0) is 81.5 Å². The van der Waals surface area contributed by atoms with Crippen molar-refractivity contribution in [3.8, 4) is 5.75 Å². The van der Waals surface area contributed by atoms with Gasteiger partial charge in [-0.2, -0.15) is 0 Å². The number of aliphatic hydroxyl groups excluding tert-OH is 1. The lowest BCUT2D eigenvalue weighted by atomic mass is 9.79. The molecule has 150 valence electrons. The van der Waals surface area contributed by atoms with Crippen molar-refractivity contribution in [1.29, 1.82) is 0 Å². The van der Waals surface area contributed by atoms with Gasteiger partial charge in [0, 0.05) is 0 Å². The maximum Gasteiger partial charge on any atom is 0.123 e. The van der Waals surface area contributed by atoms with Gasteiger partial charge in [0.1, 0.15) is 18.2 Å². The van der Waals surface area contributed by atoms with Gasteiger partial charge in [-0.1, -0.05) is 29.8 Å². The molecular weight excluding hydrogens is 355 g/mol. The molecule has 1 fully saturated rings. The highest BCUT2D eigenvalue weighted by Crippen LogP contribution is 2.43. The smallest absolute Gasteiger partial charge is 0.123 e. The lowest BCUT2D eigenvalue weighted by molar-refractivity contribution is -0.138. The number of benzene rings is 2. The zero-order valence-electron chi connectivity index (χ0n) is 17.1. The fourth-order valence-electron chi connectivity index (χ4n) is 4.16. The van der Waals surface area contributed by atoms with E-state index in [-0.39, 0.29) is 30.2 Å². The molecule has 0 spiro atoms. The van der Waals surface area contributed by atoms with Crippen molar-refractivity contribution in [3.63, 3.8) is 0 Å². The Labute approximate surface area is 166 Å². The van der Waals surface area contributed by atoms with Crippen LogP contribution in [0.3, 0.4) is 0 Å². The standard InChI is InChI=1S/C24H29FO3/c1-23(2)15-19(16-24(3,4)28-23)22(17-5-9-20(25)10-6-17)18-7-11-21(12-8-18)27-14-13-26/h5-12,26H,13-16H2,1-4H3. The third-order valence-electron chi connectivity index (χ3n) is 4.82. The number of halogens is 1. The first-order chi connectivity index (χ1) is 13.2. The first-order valence-electron chi connectivity index (χ1n) is 9.71. The minimum atomic E-state index is -0.271. The van der Waals surface area contributed by atoms with Gasteiger partial charge in [-0.25, -0.2) is 4.39 Å². The lowest BCUT2D eigenvalue weighted by Crippen LogP contribution is -2.42. The van der Waals surface area contributed by atoms with Crippen LogP contribution in [0.2, 0.25) is 0 Å². The van der Waals surface area contributed by atoms with Crippen molar-refractivity contribution in [2.24, 2.45) is 0 Å². The van der Waals surface area contributed by atoms with Crippen LogP contribution in [0.1, 0.15) is 51.7 Å². The number of hydrogen-bond acceptors (Lipinski definition) is 3. The SMILES string of the molecule is CC1(C)CC(=C(c2ccc(F)cc2)c2ccc(OCCO)cc2)CC(C)(C)O1. The maximum absolute atomic E-state index is 13.5. The van der Waals surface area contributed by atoms with Crippen molar-refractivity contribution in [2.45, 2.75) is 51.7 Å². The van der Waals surface area contributed by atoms with Gasteiger partial charge >= 0.3 is 0 Å². The van der Waals surface area contributed by atoms with Crippen molar-refractivity contribution in [2.75, 3.05) is 13.2 Å². The minimum absolute atomic E-state index is 0.0171. The third-order valence-corrected chi connectivity index (χ3v) is 4.82. The molecule has 1 aliphatic heterocycles. The second-order valence-corrected chi connectivity index (χ2v) is 8.56. The first kappa shape index (κ1) is 20.6. The van der Waals surface area contributed by atoms with Gasteiger partial charge < -0.3 is 14.6 Å². The monoisotopic (exact) mass is 384 g/mol. The predicted octanol–water partition coefficient (Wildman–Crippen LogP) is 5.37. The fraction of sp³-hybridized carbons (Fsp3) is 0.417. The Balaban J connectivity index is 2.09. The Hall–Kier alpha value is -2.17. The van der Waals surface area contributed by atoms with Gasteiger partial charge in [-0.3, -0.25) is 0 Å². The van der Waals surface area contributed by atoms with Crippen LogP contribution in [-0.2, 0) is 4.74 Å². The van der Waals surface area contributed by atoms with Gasteiger partial charge in [-0.15, -0.1) is 0 Å². The molecule has 1 aliphatic rings. The summed E-state index contributed by atoms with van der Waals surface area (Å²) in [6.45, 7) is 8.70. The highest BCUT2D eigenvalue weighted by atomic mass is 19.1. The van der Waals surface area contributed by atoms with Crippen LogP contribution in [0.25, 0.3) is 5.57 Å². The molecular formula is C24H29FO3. The van der Waals surface area contributed by atoms with E-state index < -0.39 is 0 Å². The zero-order chi connectivity index (χ0) is 20.4. The molecule has 2 aromatic rings. The molecule has 0 saturated carbocycles. The van der Waals surface area contributed by atoms with E-state index in [0.717, 1.165) is 29.5 Å². The summed E-state index contributed by atoms with van der Waals surface area (Å²) in [6, 6.07) is 14.5. The molecule has 0 aliphatic carbocycles. The Morgan fingerprint density at radius 3 is 1.93 bits per heavy atom. The Morgan fingerprint density at radius 1 is 0.929 bits per heavy atom. The average molecular weight is 384 g/mol. The number of rotatable bonds is 5. The van der Waals surface area contributed by atoms with Gasteiger partial charge in [0.05, 0.1) is 17.8 Å². The molecule has 28 heavy (non-hydrogen) atoms. The molecule has 0 amide bonds. The molecule has 2 aromatic carbocycles. The van der Waals surface area contributed by atoms with Crippen LogP contribution in [0, 0.1) is 5.82 Å². The minimum Gasteiger partial charge on any atom is -0.491 e. The molecule has 4 heteroatoms. The lowest BCUT2D eigenvalue weighted by Gasteiger charge is -2.43. The molecule has 0 bridgehead atoms. The maximum atomic E-state index is 13.5. The summed E-state index contributed by atoms with van der Waals surface area (Å²) in [5.41, 5.74) is 3.94. The summed E-state index contributed by atoms with van der Waals surface area (Å²) in [7, 11) is 0. The van der Waals surface area contributed by atoms with Gasteiger partial charge in [0.2, 0.25) is 0 Å². The summed E-state index contributed by atoms with van der Waals surface area (Å²) < 4.78 is 25.3. The van der Waals surface area contributed by atoms with Crippen LogP contribution in [0.5, 0.6) is 5.75 Å². The topological polar surface area (TPSA) is 38.7 Å². The summed E-state index contributed by atoms with van der Waals surface area (Å²) in [5, 5.41) is 8.93. The Bertz CT molecular complexity index is 815. The highest BCUT2D eigenvalue weighted by molar-refractivity contribution is 5.82. The van der Waals surface area contributed by atoms with Crippen molar-refractivity contribution < 1.29 is 19.0 Å². The zero-order valence-corrected chi connectivity index (χ0v) is 17.1. The molecule has 1 N–H and O–H groups in total. The molecule has 1 heterocycles. The second kappa shape index (κ2) is 8.06. The molecule has 0 atom stereocenters. The Kier molecular flexibility index (Phi) is 5.92. The summed E-state index contributed by atoms with van der Waals surface area (Å²) >= 11 is 0. The average Bonchev–Trinajstić information content (AvgIpc) is 2.60. The van der Waals surface area contributed by atoms with Gasteiger partial charge in [0.25, 0.3) is 0 Å². The van der Waals surface area contributed by atoms with E-state index in [0.29, 0.717) is 5.75 Å². The van der Waals surface area contributed by atoms with E-state index in [1.54, 1.807) is 0 Å². The fourth-order valence-corrected chi connectivity index (χ4v) is 4.16. The number of hydrogen-bond donors (Lipinski definition) is 1. The molecule has 1 saturated heterocycles. The van der Waals surface area contributed by atoms with Gasteiger partial charge in [0.15, 0.2) is 0 Å². The van der Waals surface area contributed by atoms with E-state index in [1.807, 2.05) is 36.4 Å². The van der Waals surface area contributed by atoms with Crippen LogP contribution < -0.4 is 4.74 Å². The normalized spacial score (nSPS) is 18.0. The molecule has 0 unspecified atom stereocenters. The predicted molar refractivity (Wildman–Crippen MR) is 110 cm³/mol. The molecule has 0 radical (unpaired) electrons. The van der Waals surface area contributed by atoms with E-state index in [4.69, 9.17) is 14.6 Å².